The second-order valence-corrected chi connectivity index (χ2v) is 14.3. The van der Waals surface area contributed by atoms with E-state index in [1.54, 1.807) is 0 Å². The van der Waals surface area contributed by atoms with E-state index >= 15 is 0 Å². The van der Waals surface area contributed by atoms with Crippen LogP contribution in [0.3, 0.4) is 0 Å². The highest BCUT2D eigenvalue weighted by Crippen LogP contribution is 2.68. The van der Waals surface area contributed by atoms with Gasteiger partial charge in [-0.3, -0.25) is 0 Å². The third-order valence-corrected chi connectivity index (χ3v) is 11.4. The van der Waals surface area contributed by atoms with Gasteiger partial charge in [-0.25, -0.2) is 0 Å². The first-order valence-corrected chi connectivity index (χ1v) is 13.2. The molecule has 0 radical (unpaired) electrons. The SMILES string of the molecule is CC(O)[C@H]1C([N+](C)(C)C)C[C@H]2[C@@H]3CCC4CC([N+](C)(C)C)CC[C@]4(C)[C@H]3CC[C@]12CO. The molecule has 180 valence electrons. The predicted molar refractivity (Wildman–Crippen MR) is 127 cm³/mol. The Kier molecular flexibility index (Phi) is 5.94. The zero-order chi connectivity index (χ0) is 23.0. The highest BCUT2D eigenvalue weighted by atomic mass is 16.3. The van der Waals surface area contributed by atoms with Crippen molar-refractivity contribution in [2.24, 2.45) is 40.4 Å². The van der Waals surface area contributed by atoms with Crippen LogP contribution in [0.4, 0.5) is 0 Å². The molecule has 0 aromatic rings. The Bertz CT molecular complexity index is 665. The van der Waals surface area contributed by atoms with Crippen LogP contribution in [0, 0.1) is 40.4 Å². The van der Waals surface area contributed by atoms with E-state index < -0.39 is 0 Å². The first-order valence-electron chi connectivity index (χ1n) is 13.2. The molecule has 0 aromatic heterocycles. The van der Waals surface area contributed by atoms with Gasteiger partial charge in [0.05, 0.1) is 60.5 Å². The van der Waals surface area contributed by atoms with Crippen LogP contribution in [-0.4, -0.2) is 86.3 Å². The van der Waals surface area contributed by atoms with Crippen LogP contribution in [-0.2, 0) is 0 Å². The van der Waals surface area contributed by atoms with Crippen LogP contribution in [0.15, 0.2) is 0 Å². The normalized spacial score (nSPS) is 49.2. The fraction of sp³-hybridized carbons (Fsp3) is 1.00. The summed E-state index contributed by atoms with van der Waals surface area (Å²) in [6.07, 6.45) is 10.1. The van der Waals surface area contributed by atoms with Gasteiger partial charge in [0.25, 0.3) is 0 Å². The number of rotatable bonds is 4. The third-order valence-electron chi connectivity index (χ3n) is 11.4. The summed E-state index contributed by atoms with van der Waals surface area (Å²) in [5, 5.41) is 21.8. The molecule has 4 fully saturated rings. The first kappa shape index (κ1) is 24.0. The van der Waals surface area contributed by atoms with Crippen LogP contribution in [0.2, 0.25) is 0 Å². The fourth-order valence-corrected chi connectivity index (χ4v) is 9.70. The minimum absolute atomic E-state index is 0.0752. The smallest absolute Gasteiger partial charge is 0.0946 e. The van der Waals surface area contributed by atoms with Gasteiger partial charge in [-0.15, -0.1) is 0 Å². The molecule has 4 heteroatoms. The van der Waals surface area contributed by atoms with Gasteiger partial charge in [0.2, 0.25) is 0 Å². The molecule has 0 amide bonds. The van der Waals surface area contributed by atoms with E-state index in [-0.39, 0.29) is 24.0 Å². The lowest BCUT2D eigenvalue weighted by Crippen LogP contribution is -2.59. The van der Waals surface area contributed by atoms with Crippen LogP contribution in [0.5, 0.6) is 0 Å². The average molecular weight is 437 g/mol. The number of aliphatic hydroxyl groups is 2. The molecule has 0 heterocycles. The van der Waals surface area contributed by atoms with Gasteiger partial charge >= 0.3 is 0 Å². The van der Waals surface area contributed by atoms with E-state index in [9.17, 15) is 10.2 Å². The van der Waals surface area contributed by atoms with Crippen LogP contribution in [0.25, 0.3) is 0 Å². The quantitative estimate of drug-likeness (QED) is 0.659. The van der Waals surface area contributed by atoms with Crippen molar-refractivity contribution in [3.8, 4) is 0 Å². The number of quaternary nitrogens is 2. The molecule has 10 atom stereocenters. The van der Waals surface area contributed by atoms with Gasteiger partial charge < -0.3 is 19.2 Å². The molecule has 0 bridgehead atoms. The maximum atomic E-state index is 10.9. The van der Waals surface area contributed by atoms with Gasteiger partial charge in [-0.1, -0.05) is 6.92 Å². The van der Waals surface area contributed by atoms with Crippen LogP contribution < -0.4 is 0 Å². The number of hydrogen-bond donors (Lipinski definition) is 2. The highest BCUT2D eigenvalue weighted by Gasteiger charge is 2.67. The Morgan fingerprint density at radius 3 is 2.10 bits per heavy atom. The molecule has 31 heavy (non-hydrogen) atoms. The maximum Gasteiger partial charge on any atom is 0.0946 e. The predicted octanol–water partition coefficient (Wildman–Crippen LogP) is 3.76. The molecule has 0 aliphatic heterocycles. The number of fused-ring (bicyclic) bond motifs is 5. The fourth-order valence-electron chi connectivity index (χ4n) is 9.70. The van der Waals surface area contributed by atoms with Crippen molar-refractivity contribution in [1.29, 1.82) is 0 Å². The third kappa shape index (κ3) is 3.63. The molecule has 0 saturated heterocycles. The summed E-state index contributed by atoms with van der Waals surface area (Å²) in [6.45, 7) is 4.89. The van der Waals surface area contributed by atoms with Crippen LogP contribution >= 0.6 is 0 Å². The molecule has 2 N–H and O–H groups in total. The van der Waals surface area contributed by atoms with E-state index in [0.717, 1.165) is 39.2 Å². The number of hydrogen-bond acceptors (Lipinski definition) is 2. The first-order chi connectivity index (χ1) is 14.3. The molecule has 0 aromatic carbocycles. The largest absolute Gasteiger partial charge is 0.396 e. The zero-order valence-electron chi connectivity index (χ0n) is 21.8. The van der Waals surface area contributed by atoms with E-state index in [2.05, 4.69) is 49.2 Å². The van der Waals surface area contributed by atoms with Gasteiger partial charge in [-0.05, 0) is 74.5 Å². The van der Waals surface area contributed by atoms with Crippen molar-refractivity contribution in [2.75, 3.05) is 48.9 Å². The zero-order valence-corrected chi connectivity index (χ0v) is 21.8. The maximum absolute atomic E-state index is 10.9. The Balaban J connectivity index is 1.64. The van der Waals surface area contributed by atoms with Crippen molar-refractivity contribution in [1.82, 2.24) is 0 Å². The standard InChI is InChI=1S/C27H52N2O2/c1-18(31)25-24(29(6,7)8)16-23-21-10-9-19-15-20(28(3,4)5)11-13-26(19,2)22(21)12-14-27(23,25)17-30/h18-25,30-31H,9-17H2,1-8H3/q+2/t18?,19?,20?,21-,22+,23+,24?,25+,26+,27-/m1/s1. The Hall–Kier alpha value is -0.160. The molecule has 4 aliphatic rings. The van der Waals surface area contributed by atoms with Gasteiger partial charge in [-0.2, -0.15) is 0 Å². The summed E-state index contributed by atoms with van der Waals surface area (Å²) >= 11 is 0. The van der Waals surface area contributed by atoms with E-state index in [4.69, 9.17) is 0 Å². The Morgan fingerprint density at radius 1 is 0.871 bits per heavy atom. The molecular formula is C27H52N2O2+2. The number of aliphatic hydroxyl groups excluding tert-OH is 2. The Morgan fingerprint density at radius 2 is 1.55 bits per heavy atom. The average Bonchev–Trinajstić information content (AvgIpc) is 3.03. The molecular weight excluding hydrogens is 384 g/mol. The summed E-state index contributed by atoms with van der Waals surface area (Å²) < 4.78 is 2.01. The summed E-state index contributed by atoms with van der Waals surface area (Å²) in [7, 11) is 14.0. The van der Waals surface area contributed by atoms with Crippen molar-refractivity contribution < 1.29 is 19.2 Å². The summed E-state index contributed by atoms with van der Waals surface area (Å²) in [5.74, 6) is 3.20. The molecule has 4 saturated carbocycles. The van der Waals surface area contributed by atoms with Crippen molar-refractivity contribution >= 4 is 0 Å². The molecule has 4 aliphatic carbocycles. The van der Waals surface area contributed by atoms with E-state index in [0.29, 0.717) is 17.4 Å². The molecule has 4 rings (SSSR count). The van der Waals surface area contributed by atoms with Crippen LogP contribution in [0.1, 0.15) is 65.2 Å². The lowest BCUT2D eigenvalue weighted by atomic mass is 9.44. The van der Waals surface area contributed by atoms with Crippen molar-refractivity contribution in [3.63, 3.8) is 0 Å². The summed E-state index contributed by atoms with van der Waals surface area (Å²) in [6, 6.07) is 1.25. The van der Waals surface area contributed by atoms with Gasteiger partial charge in [0.15, 0.2) is 0 Å². The topological polar surface area (TPSA) is 40.5 Å². The highest BCUT2D eigenvalue weighted by molar-refractivity contribution is 5.13. The van der Waals surface area contributed by atoms with E-state index in [1.165, 1.54) is 44.9 Å². The summed E-state index contributed by atoms with van der Waals surface area (Å²) in [4.78, 5) is 0. The summed E-state index contributed by atoms with van der Waals surface area (Å²) in [5.41, 5.74) is 0.402. The number of nitrogens with zero attached hydrogens (tertiary/aromatic N) is 2. The molecule has 0 spiro atoms. The minimum atomic E-state index is -0.344. The second kappa shape index (κ2) is 7.68. The van der Waals surface area contributed by atoms with Crippen molar-refractivity contribution in [3.05, 3.63) is 0 Å². The van der Waals surface area contributed by atoms with Crippen molar-refractivity contribution in [2.45, 2.75) is 83.4 Å². The lowest BCUT2D eigenvalue weighted by Gasteiger charge is -2.61. The molecule has 4 unspecified atom stereocenters. The van der Waals surface area contributed by atoms with Gasteiger partial charge in [0, 0.05) is 30.8 Å². The second-order valence-electron chi connectivity index (χ2n) is 14.3. The lowest BCUT2D eigenvalue weighted by molar-refractivity contribution is -0.900. The molecule has 4 nitrogen and oxygen atoms in total. The van der Waals surface area contributed by atoms with E-state index in [1.807, 2.05) is 6.92 Å². The van der Waals surface area contributed by atoms with Gasteiger partial charge in [0.1, 0.15) is 0 Å². The monoisotopic (exact) mass is 436 g/mol. The Labute approximate surface area is 192 Å². The minimum Gasteiger partial charge on any atom is -0.396 e.